The normalized spacial score (nSPS) is 12.0. The number of methoxy groups -OCH3 is 2. The highest BCUT2D eigenvalue weighted by Crippen LogP contribution is 2.37. The van der Waals surface area contributed by atoms with Crippen LogP contribution in [0.15, 0.2) is 42.5 Å². The first kappa shape index (κ1) is 21.4. The third-order valence-corrected chi connectivity index (χ3v) is 9.81. The van der Waals surface area contributed by atoms with Crippen molar-refractivity contribution in [2.75, 3.05) is 14.2 Å². The summed E-state index contributed by atoms with van der Waals surface area (Å²) in [5, 5.41) is 0.205. The minimum Gasteiger partial charge on any atom is -0.543 e. The molecule has 0 aliphatic heterocycles. The standard InChI is InChI=1S/C23H34O3Si/c1-23(2,3)27(6,7)26-20-13-9-12-18(16-20)10-8-11-19-14-15-21(24-4)22(17-19)25-5/h9,12-17H,8,10-11H2,1-7H3. The molecule has 0 heterocycles. The van der Waals surface area contributed by atoms with Crippen molar-refractivity contribution in [3.8, 4) is 17.2 Å². The van der Waals surface area contributed by atoms with Gasteiger partial charge in [-0.2, -0.15) is 0 Å². The molecule has 4 heteroatoms. The smallest absolute Gasteiger partial charge is 0.250 e. The lowest BCUT2D eigenvalue weighted by Crippen LogP contribution is -2.43. The predicted octanol–water partition coefficient (Wildman–Crippen LogP) is 6.26. The lowest BCUT2D eigenvalue weighted by Gasteiger charge is -2.36. The van der Waals surface area contributed by atoms with E-state index in [2.05, 4.69) is 70.3 Å². The van der Waals surface area contributed by atoms with Crippen LogP contribution < -0.4 is 13.9 Å². The lowest BCUT2D eigenvalue weighted by atomic mass is 10.0. The van der Waals surface area contributed by atoms with Crippen LogP contribution in [0.2, 0.25) is 18.1 Å². The molecule has 2 aromatic rings. The molecular formula is C23H34O3Si. The van der Waals surface area contributed by atoms with Crippen molar-refractivity contribution in [3.05, 3.63) is 53.6 Å². The molecule has 148 valence electrons. The van der Waals surface area contributed by atoms with Gasteiger partial charge in [-0.3, -0.25) is 0 Å². The van der Waals surface area contributed by atoms with E-state index in [9.17, 15) is 0 Å². The Labute approximate surface area is 165 Å². The number of benzene rings is 2. The molecule has 27 heavy (non-hydrogen) atoms. The maximum absolute atomic E-state index is 6.44. The fraction of sp³-hybridized carbons (Fsp3) is 0.478. The Kier molecular flexibility index (Phi) is 6.99. The summed E-state index contributed by atoms with van der Waals surface area (Å²) in [5.74, 6) is 2.57. The van der Waals surface area contributed by atoms with E-state index in [4.69, 9.17) is 13.9 Å². The minimum atomic E-state index is -1.80. The Morgan fingerprint density at radius 2 is 1.44 bits per heavy atom. The van der Waals surface area contributed by atoms with Crippen molar-refractivity contribution >= 4 is 8.32 Å². The number of rotatable bonds is 8. The van der Waals surface area contributed by atoms with Gasteiger partial charge < -0.3 is 13.9 Å². The van der Waals surface area contributed by atoms with Gasteiger partial charge in [0.25, 0.3) is 0 Å². The second-order valence-corrected chi connectivity index (χ2v) is 13.3. The molecule has 0 spiro atoms. The van der Waals surface area contributed by atoms with Crippen molar-refractivity contribution in [3.63, 3.8) is 0 Å². The summed E-state index contributed by atoms with van der Waals surface area (Å²) < 4.78 is 17.1. The summed E-state index contributed by atoms with van der Waals surface area (Å²) in [5.41, 5.74) is 2.59. The number of aryl methyl sites for hydroxylation is 2. The molecule has 0 saturated carbocycles. The van der Waals surface area contributed by atoms with E-state index >= 15 is 0 Å². The highest BCUT2D eigenvalue weighted by Gasteiger charge is 2.38. The van der Waals surface area contributed by atoms with Gasteiger partial charge in [0.15, 0.2) is 11.5 Å². The van der Waals surface area contributed by atoms with E-state index in [1.165, 1.54) is 11.1 Å². The molecule has 3 nitrogen and oxygen atoms in total. The zero-order valence-corrected chi connectivity index (χ0v) is 18.9. The largest absolute Gasteiger partial charge is 0.543 e. The monoisotopic (exact) mass is 386 g/mol. The quantitative estimate of drug-likeness (QED) is 0.501. The SMILES string of the molecule is COc1ccc(CCCc2cccc(O[Si](C)(C)C(C)(C)C)c2)cc1OC. The van der Waals surface area contributed by atoms with Gasteiger partial charge in [0.05, 0.1) is 14.2 Å². The Morgan fingerprint density at radius 3 is 2.04 bits per heavy atom. The first-order valence-electron chi connectivity index (χ1n) is 9.65. The van der Waals surface area contributed by atoms with Crippen LogP contribution in [0.1, 0.15) is 38.3 Å². The molecule has 0 unspecified atom stereocenters. The van der Waals surface area contributed by atoms with Gasteiger partial charge in [-0.05, 0) is 72.8 Å². The molecule has 0 aliphatic carbocycles. The average molecular weight is 387 g/mol. The third-order valence-electron chi connectivity index (χ3n) is 5.46. The Bertz CT molecular complexity index is 748. The van der Waals surface area contributed by atoms with Gasteiger partial charge in [-0.1, -0.05) is 39.0 Å². The van der Waals surface area contributed by atoms with Crippen molar-refractivity contribution in [2.24, 2.45) is 0 Å². The minimum absolute atomic E-state index is 0.205. The van der Waals surface area contributed by atoms with Crippen LogP contribution in [0.4, 0.5) is 0 Å². The van der Waals surface area contributed by atoms with E-state index < -0.39 is 8.32 Å². The Balaban J connectivity index is 1.97. The van der Waals surface area contributed by atoms with Crippen LogP contribution in [-0.2, 0) is 12.8 Å². The van der Waals surface area contributed by atoms with Crippen LogP contribution in [0.5, 0.6) is 17.2 Å². The maximum Gasteiger partial charge on any atom is 0.250 e. The summed E-state index contributed by atoms with van der Waals surface area (Å²) in [4.78, 5) is 0. The second-order valence-electron chi connectivity index (χ2n) is 8.55. The molecule has 0 saturated heterocycles. The summed E-state index contributed by atoms with van der Waals surface area (Å²) >= 11 is 0. The van der Waals surface area contributed by atoms with Gasteiger partial charge in [0.1, 0.15) is 5.75 Å². The molecular weight excluding hydrogens is 352 g/mol. The Hall–Kier alpha value is -1.94. The van der Waals surface area contributed by atoms with E-state index in [0.717, 1.165) is 36.5 Å². The van der Waals surface area contributed by atoms with Gasteiger partial charge in [0.2, 0.25) is 8.32 Å². The summed E-state index contributed by atoms with van der Waals surface area (Å²) in [6, 6.07) is 14.7. The van der Waals surface area contributed by atoms with E-state index in [-0.39, 0.29) is 5.04 Å². The van der Waals surface area contributed by atoms with Gasteiger partial charge in [0, 0.05) is 0 Å². The molecule has 0 radical (unpaired) electrons. The molecule has 2 rings (SSSR count). The highest BCUT2D eigenvalue weighted by atomic mass is 28.4. The zero-order valence-electron chi connectivity index (χ0n) is 17.9. The summed E-state index contributed by atoms with van der Waals surface area (Å²) in [7, 11) is 1.54. The van der Waals surface area contributed by atoms with Gasteiger partial charge in [-0.25, -0.2) is 0 Å². The fourth-order valence-corrected chi connectivity index (χ4v) is 3.77. The molecule has 2 aromatic carbocycles. The predicted molar refractivity (Wildman–Crippen MR) is 116 cm³/mol. The number of ether oxygens (including phenoxy) is 2. The highest BCUT2D eigenvalue weighted by molar-refractivity contribution is 6.74. The van der Waals surface area contributed by atoms with Crippen LogP contribution in [0, 0.1) is 0 Å². The van der Waals surface area contributed by atoms with E-state index in [0.29, 0.717) is 0 Å². The van der Waals surface area contributed by atoms with Crippen molar-refractivity contribution in [1.82, 2.24) is 0 Å². The van der Waals surface area contributed by atoms with Crippen LogP contribution in [0.3, 0.4) is 0 Å². The van der Waals surface area contributed by atoms with Gasteiger partial charge in [-0.15, -0.1) is 0 Å². The van der Waals surface area contributed by atoms with Crippen molar-refractivity contribution in [2.45, 2.75) is 58.2 Å². The Morgan fingerprint density at radius 1 is 0.815 bits per heavy atom. The van der Waals surface area contributed by atoms with Crippen LogP contribution in [0.25, 0.3) is 0 Å². The second kappa shape index (κ2) is 8.83. The topological polar surface area (TPSA) is 27.7 Å². The van der Waals surface area contributed by atoms with E-state index in [1.54, 1.807) is 14.2 Å². The molecule has 0 N–H and O–H groups in total. The summed E-state index contributed by atoms with van der Waals surface area (Å²) in [6.07, 6.45) is 3.12. The van der Waals surface area contributed by atoms with Crippen molar-refractivity contribution in [1.29, 1.82) is 0 Å². The maximum atomic E-state index is 6.44. The molecule has 0 aromatic heterocycles. The van der Waals surface area contributed by atoms with Gasteiger partial charge >= 0.3 is 0 Å². The fourth-order valence-electron chi connectivity index (χ4n) is 2.74. The first-order chi connectivity index (χ1) is 12.7. The zero-order chi connectivity index (χ0) is 20.1. The third kappa shape index (κ3) is 5.77. The average Bonchev–Trinajstić information content (AvgIpc) is 2.60. The molecule has 0 bridgehead atoms. The molecule has 0 fully saturated rings. The molecule has 0 aliphatic rings. The molecule has 0 amide bonds. The lowest BCUT2D eigenvalue weighted by molar-refractivity contribution is 0.354. The molecule has 0 atom stereocenters. The van der Waals surface area contributed by atoms with Crippen molar-refractivity contribution < 1.29 is 13.9 Å². The summed E-state index contributed by atoms with van der Waals surface area (Å²) in [6.45, 7) is 11.4. The first-order valence-corrected chi connectivity index (χ1v) is 12.6. The van der Waals surface area contributed by atoms with Crippen LogP contribution >= 0.6 is 0 Å². The van der Waals surface area contributed by atoms with E-state index in [1.807, 2.05) is 6.07 Å². The van der Waals surface area contributed by atoms with Crippen LogP contribution in [-0.4, -0.2) is 22.5 Å². The number of hydrogen-bond donors (Lipinski definition) is 0. The number of hydrogen-bond acceptors (Lipinski definition) is 3.